The second-order valence-electron chi connectivity index (χ2n) is 3.82. The van der Waals surface area contributed by atoms with Crippen LogP contribution < -0.4 is 0 Å². The Bertz CT molecular complexity index is 252. The molecule has 1 atom stereocenters. The van der Waals surface area contributed by atoms with Crippen LogP contribution in [0.5, 0.6) is 0 Å². The topological polar surface area (TPSA) is 57.6 Å². The number of piperidine rings is 1. The number of hydrogen-bond acceptors (Lipinski definition) is 2. The van der Waals surface area contributed by atoms with Crippen molar-refractivity contribution < 1.29 is 14.7 Å². The average molecular weight is 199 g/mol. The van der Waals surface area contributed by atoms with E-state index in [4.69, 9.17) is 0 Å². The zero-order valence-electron chi connectivity index (χ0n) is 8.75. The SMILES string of the molecule is CCC1(C(=O)O)CCCCN1C(C)=O. The van der Waals surface area contributed by atoms with Gasteiger partial charge in [0.05, 0.1) is 0 Å². The molecule has 1 saturated heterocycles. The molecular weight excluding hydrogens is 182 g/mol. The van der Waals surface area contributed by atoms with E-state index in [1.54, 1.807) is 0 Å². The molecule has 4 heteroatoms. The third-order valence-electron chi connectivity index (χ3n) is 3.10. The maximum absolute atomic E-state index is 11.3. The molecule has 1 heterocycles. The largest absolute Gasteiger partial charge is 0.479 e. The molecule has 1 fully saturated rings. The Morgan fingerprint density at radius 2 is 2.07 bits per heavy atom. The molecule has 1 N–H and O–H groups in total. The van der Waals surface area contributed by atoms with Crippen LogP contribution in [0.15, 0.2) is 0 Å². The molecule has 0 saturated carbocycles. The molecule has 0 aromatic heterocycles. The van der Waals surface area contributed by atoms with Crippen LogP contribution in [0.4, 0.5) is 0 Å². The van der Waals surface area contributed by atoms with E-state index in [-0.39, 0.29) is 5.91 Å². The van der Waals surface area contributed by atoms with Gasteiger partial charge in [-0.15, -0.1) is 0 Å². The molecule has 0 aromatic rings. The van der Waals surface area contributed by atoms with Crippen LogP contribution in [0.25, 0.3) is 0 Å². The number of likely N-dealkylation sites (tertiary alicyclic amines) is 1. The number of rotatable bonds is 2. The quantitative estimate of drug-likeness (QED) is 0.728. The van der Waals surface area contributed by atoms with Crippen molar-refractivity contribution >= 4 is 11.9 Å². The minimum Gasteiger partial charge on any atom is -0.479 e. The molecule has 4 nitrogen and oxygen atoms in total. The van der Waals surface area contributed by atoms with Gasteiger partial charge in [-0.1, -0.05) is 6.92 Å². The molecule has 1 aliphatic heterocycles. The Balaban J connectivity index is 2.98. The third-order valence-corrected chi connectivity index (χ3v) is 3.10. The van der Waals surface area contributed by atoms with E-state index in [2.05, 4.69) is 0 Å². The van der Waals surface area contributed by atoms with Crippen LogP contribution >= 0.6 is 0 Å². The fourth-order valence-corrected chi connectivity index (χ4v) is 2.24. The lowest BCUT2D eigenvalue weighted by Crippen LogP contribution is -2.58. The Kier molecular flexibility index (Phi) is 3.13. The molecule has 0 bridgehead atoms. The van der Waals surface area contributed by atoms with Crippen LogP contribution in [0.3, 0.4) is 0 Å². The van der Waals surface area contributed by atoms with Crippen molar-refractivity contribution in [1.82, 2.24) is 4.90 Å². The van der Waals surface area contributed by atoms with Crippen molar-refractivity contribution in [1.29, 1.82) is 0 Å². The lowest BCUT2D eigenvalue weighted by molar-refractivity contribution is -0.162. The summed E-state index contributed by atoms with van der Waals surface area (Å²) in [5, 5.41) is 9.21. The Labute approximate surface area is 83.9 Å². The van der Waals surface area contributed by atoms with Gasteiger partial charge in [-0.05, 0) is 25.7 Å². The minimum absolute atomic E-state index is 0.131. The number of aliphatic carboxylic acids is 1. The first-order valence-corrected chi connectivity index (χ1v) is 5.06. The number of amides is 1. The number of carbonyl (C=O) groups is 2. The summed E-state index contributed by atoms with van der Waals surface area (Å²) in [6.45, 7) is 3.85. The maximum atomic E-state index is 11.3. The number of carboxylic acid groups (broad SMARTS) is 1. The number of carbonyl (C=O) groups excluding carboxylic acids is 1. The summed E-state index contributed by atoms with van der Waals surface area (Å²) >= 11 is 0. The first-order chi connectivity index (χ1) is 6.54. The maximum Gasteiger partial charge on any atom is 0.329 e. The van der Waals surface area contributed by atoms with E-state index in [9.17, 15) is 14.7 Å². The van der Waals surface area contributed by atoms with E-state index >= 15 is 0 Å². The highest BCUT2D eigenvalue weighted by Gasteiger charge is 2.45. The molecule has 0 spiro atoms. The molecular formula is C10H17NO3. The number of carboxylic acids is 1. The summed E-state index contributed by atoms with van der Waals surface area (Å²) in [6.07, 6.45) is 2.87. The molecule has 0 aromatic carbocycles. The predicted molar refractivity (Wildman–Crippen MR) is 51.9 cm³/mol. The second-order valence-corrected chi connectivity index (χ2v) is 3.82. The highest BCUT2D eigenvalue weighted by molar-refractivity contribution is 5.86. The Morgan fingerprint density at radius 3 is 2.43 bits per heavy atom. The first kappa shape index (κ1) is 11.0. The molecule has 1 rings (SSSR count). The van der Waals surface area contributed by atoms with Crippen LogP contribution in [0.2, 0.25) is 0 Å². The predicted octanol–water partition coefficient (Wildman–Crippen LogP) is 1.25. The monoisotopic (exact) mass is 199 g/mol. The number of nitrogens with zero attached hydrogens (tertiary/aromatic N) is 1. The van der Waals surface area contributed by atoms with Crippen molar-refractivity contribution in [3.63, 3.8) is 0 Å². The highest BCUT2D eigenvalue weighted by atomic mass is 16.4. The lowest BCUT2D eigenvalue weighted by Gasteiger charge is -2.43. The third kappa shape index (κ3) is 1.61. The van der Waals surface area contributed by atoms with Crippen LogP contribution in [0, 0.1) is 0 Å². The molecule has 1 amide bonds. The summed E-state index contributed by atoms with van der Waals surface area (Å²) < 4.78 is 0. The summed E-state index contributed by atoms with van der Waals surface area (Å²) in [5.74, 6) is -0.996. The standard InChI is InChI=1S/C10H17NO3/c1-3-10(9(13)14)6-4-5-7-11(10)8(2)12/h3-7H2,1-2H3,(H,13,14). The van der Waals surface area contributed by atoms with Gasteiger partial charge < -0.3 is 10.0 Å². The van der Waals surface area contributed by atoms with Gasteiger partial charge in [0.25, 0.3) is 0 Å². The van der Waals surface area contributed by atoms with E-state index in [0.717, 1.165) is 12.8 Å². The van der Waals surface area contributed by atoms with Crippen LogP contribution in [-0.2, 0) is 9.59 Å². The van der Waals surface area contributed by atoms with Gasteiger partial charge in [-0.2, -0.15) is 0 Å². The van der Waals surface area contributed by atoms with Gasteiger partial charge in [-0.25, -0.2) is 4.79 Å². The fourth-order valence-electron chi connectivity index (χ4n) is 2.24. The van der Waals surface area contributed by atoms with Crippen LogP contribution in [-0.4, -0.2) is 34.0 Å². The average Bonchev–Trinajstić information content (AvgIpc) is 2.17. The number of hydrogen-bond donors (Lipinski definition) is 1. The minimum atomic E-state index is -0.940. The Hall–Kier alpha value is -1.06. The summed E-state index contributed by atoms with van der Waals surface area (Å²) in [5.41, 5.74) is -0.940. The lowest BCUT2D eigenvalue weighted by atomic mass is 9.84. The highest BCUT2D eigenvalue weighted by Crippen LogP contribution is 2.31. The normalized spacial score (nSPS) is 27.4. The molecule has 14 heavy (non-hydrogen) atoms. The Morgan fingerprint density at radius 1 is 1.43 bits per heavy atom. The first-order valence-electron chi connectivity index (χ1n) is 5.06. The van der Waals surface area contributed by atoms with Gasteiger partial charge in [0.1, 0.15) is 5.54 Å². The van der Waals surface area contributed by atoms with E-state index in [1.165, 1.54) is 11.8 Å². The van der Waals surface area contributed by atoms with Crippen molar-refractivity contribution in [2.45, 2.75) is 45.1 Å². The molecule has 1 aliphatic rings. The van der Waals surface area contributed by atoms with E-state index in [1.807, 2.05) is 6.92 Å². The second kappa shape index (κ2) is 3.98. The molecule has 0 aliphatic carbocycles. The van der Waals surface area contributed by atoms with Crippen LogP contribution in [0.1, 0.15) is 39.5 Å². The zero-order valence-corrected chi connectivity index (χ0v) is 8.75. The zero-order chi connectivity index (χ0) is 10.8. The van der Waals surface area contributed by atoms with Gasteiger partial charge in [0, 0.05) is 13.5 Å². The van der Waals surface area contributed by atoms with E-state index < -0.39 is 11.5 Å². The van der Waals surface area contributed by atoms with Crippen molar-refractivity contribution in [2.75, 3.05) is 6.54 Å². The summed E-state index contributed by atoms with van der Waals surface area (Å²) in [6, 6.07) is 0. The van der Waals surface area contributed by atoms with Crippen molar-refractivity contribution in [3.8, 4) is 0 Å². The van der Waals surface area contributed by atoms with Crippen molar-refractivity contribution in [2.24, 2.45) is 0 Å². The summed E-state index contributed by atoms with van der Waals surface area (Å²) in [4.78, 5) is 24.1. The van der Waals surface area contributed by atoms with Gasteiger partial charge in [-0.3, -0.25) is 4.79 Å². The molecule has 0 radical (unpaired) electrons. The van der Waals surface area contributed by atoms with E-state index in [0.29, 0.717) is 19.4 Å². The summed E-state index contributed by atoms with van der Waals surface area (Å²) in [7, 11) is 0. The smallest absolute Gasteiger partial charge is 0.329 e. The van der Waals surface area contributed by atoms with Gasteiger partial charge >= 0.3 is 5.97 Å². The van der Waals surface area contributed by atoms with Gasteiger partial charge in [0.2, 0.25) is 5.91 Å². The fraction of sp³-hybridized carbons (Fsp3) is 0.800. The molecule has 1 unspecified atom stereocenters. The molecule has 80 valence electrons. The van der Waals surface area contributed by atoms with Crippen molar-refractivity contribution in [3.05, 3.63) is 0 Å². The van der Waals surface area contributed by atoms with Gasteiger partial charge in [0.15, 0.2) is 0 Å².